The van der Waals surface area contributed by atoms with Crippen LogP contribution < -0.4 is 0 Å². The summed E-state index contributed by atoms with van der Waals surface area (Å²) in [6.45, 7) is 6.30. The molecule has 86 valence electrons. The molecule has 1 rings (SSSR count). The Labute approximate surface area is 89.3 Å². The third-order valence-corrected chi connectivity index (χ3v) is 2.11. The molecule has 1 amide bonds. The van der Waals surface area contributed by atoms with Gasteiger partial charge >= 0.3 is 6.09 Å². The SMILES string of the molecule is C=CCOC(=O)N1CC(C)OC(CO)C1. The first-order valence-electron chi connectivity index (χ1n) is 4.96. The van der Waals surface area contributed by atoms with Gasteiger partial charge in [0.1, 0.15) is 6.61 Å². The maximum absolute atomic E-state index is 11.5. The monoisotopic (exact) mass is 215 g/mol. The third-order valence-electron chi connectivity index (χ3n) is 2.11. The van der Waals surface area contributed by atoms with Crippen LogP contribution in [0.3, 0.4) is 0 Å². The van der Waals surface area contributed by atoms with Crippen LogP contribution in [0.5, 0.6) is 0 Å². The largest absolute Gasteiger partial charge is 0.445 e. The molecule has 5 heteroatoms. The number of aliphatic hydroxyl groups excluding tert-OH is 1. The van der Waals surface area contributed by atoms with Crippen molar-refractivity contribution >= 4 is 6.09 Å². The van der Waals surface area contributed by atoms with Gasteiger partial charge in [-0.3, -0.25) is 0 Å². The highest BCUT2D eigenvalue weighted by Gasteiger charge is 2.28. The molecule has 2 atom stereocenters. The highest BCUT2D eigenvalue weighted by molar-refractivity contribution is 5.67. The van der Waals surface area contributed by atoms with Crippen LogP contribution in [0, 0.1) is 0 Å². The number of hydrogen-bond donors (Lipinski definition) is 1. The van der Waals surface area contributed by atoms with Crippen LogP contribution in [0.2, 0.25) is 0 Å². The number of morpholine rings is 1. The Bertz CT molecular complexity index is 231. The number of carbonyl (C=O) groups is 1. The number of rotatable bonds is 3. The van der Waals surface area contributed by atoms with Crippen LogP contribution in [-0.2, 0) is 9.47 Å². The van der Waals surface area contributed by atoms with Gasteiger partial charge in [-0.1, -0.05) is 12.7 Å². The smallest absolute Gasteiger partial charge is 0.410 e. The van der Waals surface area contributed by atoms with Gasteiger partial charge in [0.25, 0.3) is 0 Å². The lowest BCUT2D eigenvalue weighted by atomic mass is 10.2. The molecule has 0 aromatic rings. The fourth-order valence-corrected chi connectivity index (χ4v) is 1.52. The molecule has 15 heavy (non-hydrogen) atoms. The molecule has 0 saturated carbocycles. The summed E-state index contributed by atoms with van der Waals surface area (Å²) in [6.07, 6.45) is 0.742. The van der Waals surface area contributed by atoms with E-state index in [1.54, 1.807) is 4.90 Å². The molecule has 1 aliphatic heterocycles. The van der Waals surface area contributed by atoms with Crippen molar-refractivity contribution in [3.05, 3.63) is 12.7 Å². The normalized spacial score (nSPS) is 26.1. The van der Waals surface area contributed by atoms with Crippen LogP contribution in [-0.4, -0.2) is 54.6 Å². The van der Waals surface area contributed by atoms with Crippen molar-refractivity contribution < 1.29 is 19.4 Å². The van der Waals surface area contributed by atoms with E-state index < -0.39 is 0 Å². The summed E-state index contributed by atoms with van der Waals surface area (Å²) in [5.74, 6) is 0. The summed E-state index contributed by atoms with van der Waals surface area (Å²) in [7, 11) is 0. The summed E-state index contributed by atoms with van der Waals surface area (Å²) < 4.78 is 10.3. The van der Waals surface area contributed by atoms with Crippen LogP contribution >= 0.6 is 0 Å². The van der Waals surface area contributed by atoms with E-state index in [9.17, 15) is 4.79 Å². The molecule has 0 radical (unpaired) electrons. The Morgan fingerprint density at radius 3 is 3.07 bits per heavy atom. The quantitative estimate of drug-likeness (QED) is 0.692. The van der Waals surface area contributed by atoms with Crippen molar-refractivity contribution in [2.45, 2.75) is 19.1 Å². The zero-order valence-electron chi connectivity index (χ0n) is 8.89. The fraction of sp³-hybridized carbons (Fsp3) is 0.700. The molecular formula is C10H17NO4. The summed E-state index contributed by atoms with van der Waals surface area (Å²) in [6, 6.07) is 0. The summed E-state index contributed by atoms with van der Waals surface area (Å²) >= 11 is 0. The van der Waals surface area contributed by atoms with E-state index in [0.29, 0.717) is 13.1 Å². The minimum atomic E-state index is -0.386. The molecule has 1 fully saturated rings. The van der Waals surface area contributed by atoms with Gasteiger partial charge < -0.3 is 19.5 Å². The zero-order valence-corrected chi connectivity index (χ0v) is 8.89. The molecule has 1 saturated heterocycles. The van der Waals surface area contributed by atoms with Gasteiger partial charge in [0.05, 0.1) is 31.9 Å². The van der Waals surface area contributed by atoms with E-state index in [0.717, 1.165) is 0 Å². The van der Waals surface area contributed by atoms with Crippen LogP contribution in [0.1, 0.15) is 6.92 Å². The van der Waals surface area contributed by atoms with Crippen molar-refractivity contribution in [1.29, 1.82) is 0 Å². The Morgan fingerprint density at radius 1 is 1.73 bits per heavy atom. The summed E-state index contributed by atoms with van der Waals surface area (Å²) in [5.41, 5.74) is 0. The van der Waals surface area contributed by atoms with E-state index in [-0.39, 0.29) is 31.5 Å². The number of nitrogens with zero attached hydrogens (tertiary/aromatic N) is 1. The Morgan fingerprint density at radius 2 is 2.47 bits per heavy atom. The molecular weight excluding hydrogens is 198 g/mol. The lowest BCUT2D eigenvalue weighted by Crippen LogP contribution is -2.50. The second kappa shape index (κ2) is 5.72. The maximum atomic E-state index is 11.5. The standard InChI is InChI=1S/C10H17NO4/c1-3-4-14-10(13)11-5-8(2)15-9(6-11)7-12/h3,8-9,12H,1,4-7H2,2H3. The average molecular weight is 215 g/mol. The predicted octanol–water partition coefficient (Wildman–Crippen LogP) is 0.391. The molecule has 5 nitrogen and oxygen atoms in total. The molecule has 1 heterocycles. The van der Waals surface area contributed by atoms with Gasteiger partial charge in [0, 0.05) is 0 Å². The lowest BCUT2D eigenvalue weighted by molar-refractivity contribution is -0.0895. The summed E-state index contributed by atoms with van der Waals surface area (Å²) in [4.78, 5) is 13.0. The fourth-order valence-electron chi connectivity index (χ4n) is 1.52. The second-order valence-electron chi connectivity index (χ2n) is 3.52. The van der Waals surface area contributed by atoms with Crippen LogP contribution in [0.15, 0.2) is 12.7 Å². The molecule has 1 N–H and O–H groups in total. The van der Waals surface area contributed by atoms with E-state index in [2.05, 4.69) is 6.58 Å². The average Bonchev–Trinajstić information content (AvgIpc) is 2.24. The van der Waals surface area contributed by atoms with Crippen LogP contribution in [0.25, 0.3) is 0 Å². The van der Waals surface area contributed by atoms with Gasteiger partial charge in [-0.15, -0.1) is 0 Å². The van der Waals surface area contributed by atoms with E-state index in [4.69, 9.17) is 14.6 Å². The second-order valence-corrected chi connectivity index (χ2v) is 3.52. The Balaban J connectivity index is 2.45. The van der Waals surface area contributed by atoms with Crippen LogP contribution in [0.4, 0.5) is 4.79 Å². The first-order valence-corrected chi connectivity index (χ1v) is 4.96. The molecule has 0 bridgehead atoms. The highest BCUT2D eigenvalue weighted by atomic mass is 16.6. The molecule has 0 aliphatic carbocycles. The van der Waals surface area contributed by atoms with Gasteiger partial charge in [-0.25, -0.2) is 4.79 Å². The van der Waals surface area contributed by atoms with Gasteiger partial charge in [-0.2, -0.15) is 0 Å². The summed E-state index contributed by atoms with van der Waals surface area (Å²) in [5, 5.41) is 8.96. The minimum absolute atomic E-state index is 0.0767. The Kier molecular flexibility index (Phi) is 4.58. The highest BCUT2D eigenvalue weighted by Crippen LogP contribution is 2.11. The molecule has 0 aromatic heterocycles. The van der Waals surface area contributed by atoms with Gasteiger partial charge in [0.15, 0.2) is 0 Å². The van der Waals surface area contributed by atoms with E-state index in [1.807, 2.05) is 6.92 Å². The zero-order chi connectivity index (χ0) is 11.3. The van der Waals surface area contributed by atoms with Gasteiger partial charge in [-0.05, 0) is 6.92 Å². The number of ether oxygens (including phenoxy) is 2. The lowest BCUT2D eigenvalue weighted by Gasteiger charge is -2.35. The third kappa shape index (κ3) is 3.53. The molecule has 1 aliphatic rings. The maximum Gasteiger partial charge on any atom is 0.410 e. The van der Waals surface area contributed by atoms with E-state index >= 15 is 0 Å². The van der Waals surface area contributed by atoms with Crippen molar-refractivity contribution in [3.8, 4) is 0 Å². The number of carbonyl (C=O) groups excluding carboxylic acids is 1. The number of hydrogen-bond acceptors (Lipinski definition) is 4. The van der Waals surface area contributed by atoms with Gasteiger partial charge in [0.2, 0.25) is 0 Å². The van der Waals surface area contributed by atoms with E-state index in [1.165, 1.54) is 6.08 Å². The topological polar surface area (TPSA) is 59.0 Å². The Hall–Kier alpha value is -1.07. The van der Waals surface area contributed by atoms with Crippen molar-refractivity contribution in [2.75, 3.05) is 26.3 Å². The first kappa shape index (κ1) is 12.0. The number of amides is 1. The molecule has 0 spiro atoms. The minimum Gasteiger partial charge on any atom is -0.445 e. The van der Waals surface area contributed by atoms with Crippen molar-refractivity contribution in [2.24, 2.45) is 0 Å². The number of aliphatic hydroxyl groups is 1. The molecule has 2 unspecified atom stereocenters. The predicted molar refractivity (Wildman–Crippen MR) is 54.5 cm³/mol. The first-order chi connectivity index (χ1) is 7.17. The van der Waals surface area contributed by atoms with Crippen molar-refractivity contribution in [3.63, 3.8) is 0 Å². The molecule has 0 aromatic carbocycles. The van der Waals surface area contributed by atoms with Crippen molar-refractivity contribution in [1.82, 2.24) is 4.90 Å².